The summed E-state index contributed by atoms with van der Waals surface area (Å²) in [6.45, 7) is 5.44. The third-order valence-electron chi connectivity index (χ3n) is 6.77. The fourth-order valence-corrected chi connectivity index (χ4v) is 6.21. The number of carbonyl (C=O) groups is 1. The zero-order valence-electron chi connectivity index (χ0n) is 22.7. The molecule has 2 unspecified atom stereocenters. The monoisotopic (exact) mass is 565 g/mol. The molecule has 0 saturated carbocycles. The first-order valence-electron chi connectivity index (χ1n) is 13.0. The minimum absolute atomic E-state index is 0.00165. The normalized spacial score (nSPS) is 13.6. The van der Waals surface area contributed by atoms with E-state index in [-0.39, 0.29) is 36.1 Å². The Bertz CT molecular complexity index is 1590. The number of fused-ring (bicyclic) bond motifs is 1. The van der Waals surface area contributed by atoms with Crippen molar-refractivity contribution in [2.24, 2.45) is 5.92 Å². The Morgan fingerprint density at radius 1 is 1.05 bits per heavy atom. The summed E-state index contributed by atoms with van der Waals surface area (Å²) in [7, 11) is -4.06. The molecule has 10 nitrogen and oxygen atoms in total. The van der Waals surface area contributed by atoms with Gasteiger partial charge in [0, 0.05) is 24.3 Å². The fraction of sp³-hybridized carbons (Fsp3) is 0.310. The SMILES string of the molecule is Cc1c(N)cccc1C(=O)NC(Cc1ccccc1)C(O)CN(CC(C)C)S(=O)(=O)c1ccc2onc(N)c2c1. The number of amides is 1. The number of nitrogens with zero attached hydrogens (tertiary/aromatic N) is 2. The number of aromatic nitrogens is 1. The van der Waals surface area contributed by atoms with Crippen LogP contribution in [0.25, 0.3) is 11.0 Å². The average Bonchev–Trinajstić information content (AvgIpc) is 3.29. The molecule has 4 aromatic rings. The van der Waals surface area contributed by atoms with E-state index in [1.54, 1.807) is 25.1 Å². The summed E-state index contributed by atoms with van der Waals surface area (Å²) in [5.41, 5.74) is 14.6. The van der Waals surface area contributed by atoms with Gasteiger partial charge in [-0.3, -0.25) is 4.79 Å². The maximum absolute atomic E-state index is 13.8. The molecule has 40 heavy (non-hydrogen) atoms. The highest BCUT2D eigenvalue weighted by Crippen LogP contribution is 2.26. The number of rotatable bonds is 11. The average molecular weight is 566 g/mol. The van der Waals surface area contributed by atoms with Crippen molar-refractivity contribution < 1.29 is 22.8 Å². The summed E-state index contributed by atoms with van der Waals surface area (Å²) in [4.78, 5) is 13.3. The van der Waals surface area contributed by atoms with Gasteiger partial charge in [0.2, 0.25) is 10.0 Å². The van der Waals surface area contributed by atoms with Crippen LogP contribution in [-0.4, -0.2) is 54.1 Å². The number of carbonyl (C=O) groups excluding carboxylic acids is 1. The van der Waals surface area contributed by atoms with Crippen LogP contribution in [0, 0.1) is 12.8 Å². The van der Waals surface area contributed by atoms with Crippen molar-refractivity contribution in [3.63, 3.8) is 0 Å². The van der Waals surface area contributed by atoms with Gasteiger partial charge in [0.1, 0.15) is 0 Å². The molecule has 0 fully saturated rings. The largest absolute Gasteiger partial charge is 0.398 e. The Balaban J connectivity index is 1.64. The number of hydrogen-bond acceptors (Lipinski definition) is 8. The van der Waals surface area contributed by atoms with E-state index >= 15 is 0 Å². The standard InChI is InChI=1S/C29H35N5O5S/c1-18(2)16-34(40(37,38)21-12-13-27-23(15-21)28(31)33-39-27)17-26(35)25(14-20-8-5-4-6-9-20)32-29(36)22-10-7-11-24(30)19(22)3/h4-13,15,18,25-26,35H,14,16-17,30H2,1-3H3,(H2,31,33)(H,32,36). The zero-order chi connectivity index (χ0) is 29.0. The molecule has 0 aliphatic heterocycles. The molecule has 0 bridgehead atoms. The van der Waals surface area contributed by atoms with Gasteiger partial charge in [-0.1, -0.05) is 55.4 Å². The van der Waals surface area contributed by atoms with Crippen molar-refractivity contribution in [2.75, 3.05) is 24.6 Å². The first-order valence-corrected chi connectivity index (χ1v) is 14.4. The van der Waals surface area contributed by atoms with Crippen LogP contribution < -0.4 is 16.8 Å². The van der Waals surface area contributed by atoms with Gasteiger partial charge < -0.3 is 26.4 Å². The van der Waals surface area contributed by atoms with Crippen molar-refractivity contribution >= 4 is 38.4 Å². The minimum Gasteiger partial charge on any atom is -0.398 e. The number of anilines is 2. The Hall–Kier alpha value is -3.93. The Kier molecular flexibility index (Phi) is 8.77. The Morgan fingerprint density at radius 3 is 2.48 bits per heavy atom. The van der Waals surface area contributed by atoms with E-state index in [0.29, 0.717) is 27.8 Å². The number of aliphatic hydroxyl groups is 1. The van der Waals surface area contributed by atoms with Gasteiger partial charge in [-0.2, -0.15) is 4.31 Å². The summed E-state index contributed by atoms with van der Waals surface area (Å²) in [5.74, 6) is -0.357. The van der Waals surface area contributed by atoms with Crippen molar-refractivity contribution in [1.82, 2.24) is 14.8 Å². The second-order valence-electron chi connectivity index (χ2n) is 10.3. The molecule has 0 spiro atoms. The molecule has 0 aliphatic carbocycles. The van der Waals surface area contributed by atoms with Crippen LogP contribution in [0.15, 0.2) is 76.1 Å². The molecular weight excluding hydrogens is 530 g/mol. The summed E-state index contributed by atoms with van der Waals surface area (Å²) in [6.07, 6.45) is -0.947. The smallest absolute Gasteiger partial charge is 0.251 e. The molecule has 6 N–H and O–H groups in total. The number of aliphatic hydroxyl groups excluding tert-OH is 1. The van der Waals surface area contributed by atoms with Crippen molar-refractivity contribution in [2.45, 2.75) is 44.2 Å². The lowest BCUT2D eigenvalue weighted by molar-refractivity contribution is 0.0775. The number of hydrogen-bond donors (Lipinski definition) is 4. The van der Waals surface area contributed by atoms with E-state index in [4.69, 9.17) is 16.0 Å². The minimum atomic E-state index is -4.06. The van der Waals surface area contributed by atoms with Gasteiger partial charge >= 0.3 is 0 Å². The lowest BCUT2D eigenvalue weighted by atomic mass is 9.99. The second kappa shape index (κ2) is 12.1. The molecule has 1 heterocycles. The van der Waals surface area contributed by atoms with E-state index < -0.39 is 28.1 Å². The molecule has 0 saturated heterocycles. The van der Waals surface area contributed by atoms with Crippen molar-refractivity contribution in [3.05, 3.63) is 83.4 Å². The molecule has 2 atom stereocenters. The van der Waals surface area contributed by atoms with Gasteiger partial charge in [0.25, 0.3) is 5.91 Å². The number of benzene rings is 3. The topological polar surface area (TPSA) is 165 Å². The van der Waals surface area contributed by atoms with Gasteiger partial charge in [0.05, 0.1) is 22.4 Å². The number of sulfonamides is 1. The van der Waals surface area contributed by atoms with Gasteiger partial charge in [-0.25, -0.2) is 8.42 Å². The van der Waals surface area contributed by atoms with Crippen LogP contribution in [0.2, 0.25) is 0 Å². The molecule has 212 valence electrons. The third-order valence-corrected chi connectivity index (χ3v) is 8.59. The van der Waals surface area contributed by atoms with Crippen LogP contribution >= 0.6 is 0 Å². The van der Waals surface area contributed by atoms with Gasteiger partial charge in [-0.15, -0.1) is 0 Å². The van der Waals surface area contributed by atoms with E-state index in [2.05, 4.69) is 10.5 Å². The maximum Gasteiger partial charge on any atom is 0.251 e. The molecular formula is C29H35N5O5S. The molecule has 3 aromatic carbocycles. The number of nitrogen functional groups attached to an aromatic ring is 2. The molecule has 11 heteroatoms. The van der Waals surface area contributed by atoms with Crippen LogP contribution in [-0.2, 0) is 16.4 Å². The first-order chi connectivity index (χ1) is 19.0. The lowest BCUT2D eigenvalue weighted by Crippen LogP contribution is -2.51. The highest BCUT2D eigenvalue weighted by atomic mass is 32.2. The highest BCUT2D eigenvalue weighted by molar-refractivity contribution is 7.89. The summed E-state index contributed by atoms with van der Waals surface area (Å²) in [6, 6.07) is 18.0. The fourth-order valence-electron chi connectivity index (χ4n) is 4.56. The third kappa shape index (κ3) is 6.44. The quantitative estimate of drug-likeness (QED) is 0.201. The molecule has 1 amide bonds. The maximum atomic E-state index is 13.8. The Morgan fingerprint density at radius 2 is 1.77 bits per heavy atom. The van der Waals surface area contributed by atoms with Crippen LogP contribution in [0.5, 0.6) is 0 Å². The van der Waals surface area contributed by atoms with Crippen LogP contribution in [0.3, 0.4) is 0 Å². The Labute approximate surface area is 234 Å². The van der Waals surface area contributed by atoms with Crippen molar-refractivity contribution in [3.8, 4) is 0 Å². The molecule has 1 aromatic heterocycles. The van der Waals surface area contributed by atoms with Crippen LogP contribution in [0.4, 0.5) is 11.5 Å². The summed E-state index contributed by atoms with van der Waals surface area (Å²) in [5, 5.41) is 18.5. The van der Waals surface area contributed by atoms with Crippen LogP contribution in [0.1, 0.15) is 35.3 Å². The number of nitrogens with one attached hydrogen (secondary N) is 1. The molecule has 0 aliphatic rings. The van der Waals surface area contributed by atoms with Crippen molar-refractivity contribution in [1.29, 1.82) is 0 Å². The van der Waals surface area contributed by atoms with Gasteiger partial charge in [-0.05, 0) is 60.7 Å². The zero-order valence-corrected chi connectivity index (χ0v) is 23.6. The predicted molar refractivity (Wildman–Crippen MR) is 155 cm³/mol. The highest BCUT2D eigenvalue weighted by Gasteiger charge is 2.32. The lowest BCUT2D eigenvalue weighted by Gasteiger charge is -2.31. The first kappa shape index (κ1) is 29.1. The molecule has 4 rings (SSSR count). The second-order valence-corrected chi connectivity index (χ2v) is 12.2. The van der Waals surface area contributed by atoms with E-state index in [0.717, 1.165) is 5.56 Å². The van der Waals surface area contributed by atoms with E-state index in [9.17, 15) is 18.3 Å². The molecule has 0 radical (unpaired) electrons. The predicted octanol–water partition coefficient (Wildman–Crippen LogP) is 3.35. The van der Waals surface area contributed by atoms with E-state index in [1.165, 1.54) is 22.5 Å². The van der Waals surface area contributed by atoms with E-state index in [1.807, 2.05) is 44.2 Å². The summed E-state index contributed by atoms with van der Waals surface area (Å²) < 4.78 is 34.0. The number of nitrogens with two attached hydrogens (primary N) is 2. The van der Waals surface area contributed by atoms with Gasteiger partial charge in [0.15, 0.2) is 11.4 Å². The summed E-state index contributed by atoms with van der Waals surface area (Å²) >= 11 is 0.